The summed E-state index contributed by atoms with van der Waals surface area (Å²) < 4.78 is 0. The molecular weight excluding hydrogens is 350 g/mol. The second-order valence-electron chi connectivity index (χ2n) is 7.55. The number of aryl methyl sites for hydroxylation is 3. The minimum Gasteiger partial charge on any atom is -0.372 e. The van der Waals surface area contributed by atoms with Gasteiger partial charge in [0.1, 0.15) is 0 Å². The Morgan fingerprint density at radius 2 is 1.57 bits per heavy atom. The van der Waals surface area contributed by atoms with Gasteiger partial charge in [0.05, 0.1) is 0 Å². The van der Waals surface area contributed by atoms with Crippen LogP contribution in [0.5, 0.6) is 0 Å². The quantitative estimate of drug-likeness (QED) is 0.596. The van der Waals surface area contributed by atoms with Gasteiger partial charge in [0.25, 0.3) is 0 Å². The smallest absolute Gasteiger partial charge is 0.313 e. The minimum absolute atomic E-state index is 0.479. The van der Waals surface area contributed by atoms with Gasteiger partial charge in [-0.25, -0.2) is 0 Å². The van der Waals surface area contributed by atoms with Crippen molar-refractivity contribution in [2.24, 2.45) is 0 Å². The molecular formula is C23H29N3O2. The first-order valence-corrected chi connectivity index (χ1v) is 10.0. The van der Waals surface area contributed by atoms with E-state index in [-0.39, 0.29) is 0 Å². The van der Waals surface area contributed by atoms with Crippen LogP contribution in [0.3, 0.4) is 0 Å². The number of amides is 2. The van der Waals surface area contributed by atoms with E-state index in [1.54, 1.807) is 0 Å². The van der Waals surface area contributed by atoms with Crippen molar-refractivity contribution in [1.82, 2.24) is 5.32 Å². The molecule has 0 aromatic heterocycles. The van der Waals surface area contributed by atoms with Crippen LogP contribution in [-0.2, 0) is 16.0 Å². The molecule has 0 spiro atoms. The van der Waals surface area contributed by atoms with Crippen molar-refractivity contribution in [1.29, 1.82) is 0 Å². The number of rotatable bonds is 6. The number of anilines is 2. The molecule has 1 fully saturated rings. The Kier molecular flexibility index (Phi) is 6.69. The predicted molar refractivity (Wildman–Crippen MR) is 114 cm³/mol. The van der Waals surface area contributed by atoms with E-state index in [1.165, 1.54) is 24.1 Å². The maximum absolute atomic E-state index is 12.0. The predicted octanol–water partition coefficient (Wildman–Crippen LogP) is 3.59. The second-order valence-corrected chi connectivity index (χ2v) is 7.55. The molecule has 0 saturated carbocycles. The average molecular weight is 380 g/mol. The van der Waals surface area contributed by atoms with Gasteiger partial charge >= 0.3 is 11.8 Å². The van der Waals surface area contributed by atoms with Gasteiger partial charge in [-0.2, -0.15) is 0 Å². The molecule has 2 aromatic rings. The maximum Gasteiger partial charge on any atom is 0.313 e. The zero-order valence-electron chi connectivity index (χ0n) is 16.8. The Hall–Kier alpha value is -2.82. The van der Waals surface area contributed by atoms with Crippen molar-refractivity contribution in [2.75, 3.05) is 29.9 Å². The Morgan fingerprint density at radius 3 is 2.21 bits per heavy atom. The van der Waals surface area contributed by atoms with Gasteiger partial charge < -0.3 is 15.5 Å². The monoisotopic (exact) mass is 379 g/mol. The van der Waals surface area contributed by atoms with Gasteiger partial charge in [-0.1, -0.05) is 18.2 Å². The molecule has 2 amide bonds. The maximum atomic E-state index is 12.0. The van der Waals surface area contributed by atoms with E-state index in [4.69, 9.17) is 0 Å². The van der Waals surface area contributed by atoms with E-state index in [0.717, 1.165) is 37.1 Å². The van der Waals surface area contributed by atoms with E-state index in [9.17, 15) is 9.59 Å². The van der Waals surface area contributed by atoms with Crippen LogP contribution in [0, 0.1) is 13.8 Å². The van der Waals surface area contributed by atoms with Crippen molar-refractivity contribution in [2.45, 2.75) is 39.5 Å². The zero-order valence-corrected chi connectivity index (χ0v) is 16.8. The van der Waals surface area contributed by atoms with Crippen LogP contribution in [0.15, 0.2) is 42.5 Å². The van der Waals surface area contributed by atoms with Gasteiger partial charge in [0, 0.05) is 31.0 Å². The lowest BCUT2D eigenvalue weighted by atomic mass is 10.1. The normalized spacial score (nSPS) is 13.4. The number of hydrogen-bond acceptors (Lipinski definition) is 3. The molecule has 1 aliphatic rings. The minimum atomic E-state index is -0.625. The van der Waals surface area contributed by atoms with Crippen LogP contribution in [0.4, 0.5) is 11.4 Å². The molecule has 1 heterocycles. The lowest BCUT2D eigenvalue weighted by Gasteiger charge is -2.17. The average Bonchev–Trinajstić information content (AvgIpc) is 3.19. The number of nitrogens with one attached hydrogen (secondary N) is 2. The van der Waals surface area contributed by atoms with Gasteiger partial charge in [-0.15, -0.1) is 0 Å². The van der Waals surface area contributed by atoms with Crippen molar-refractivity contribution in [3.8, 4) is 0 Å². The molecule has 2 aromatic carbocycles. The first-order valence-electron chi connectivity index (χ1n) is 10.0. The van der Waals surface area contributed by atoms with Gasteiger partial charge in [0.2, 0.25) is 0 Å². The Labute approximate surface area is 167 Å². The molecule has 5 nitrogen and oxygen atoms in total. The van der Waals surface area contributed by atoms with E-state index >= 15 is 0 Å². The molecule has 0 aliphatic carbocycles. The molecule has 0 radical (unpaired) electrons. The molecule has 2 N–H and O–H groups in total. The molecule has 3 rings (SSSR count). The molecule has 5 heteroatoms. The summed E-state index contributed by atoms with van der Waals surface area (Å²) in [4.78, 5) is 26.4. The van der Waals surface area contributed by atoms with E-state index < -0.39 is 11.8 Å². The molecule has 28 heavy (non-hydrogen) atoms. The van der Waals surface area contributed by atoms with Crippen LogP contribution in [0.25, 0.3) is 0 Å². The van der Waals surface area contributed by atoms with Crippen molar-refractivity contribution < 1.29 is 9.59 Å². The van der Waals surface area contributed by atoms with Gasteiger partial charge in [-0.3, -0.25) is 9.59 Å². The summed E-state index contributed by atoms with van der Waals surface area (Å²) in [6, 6.07) is 14.4. The summed E-state index contributed by atoms with van der Waals surface area (Å²) in [5, 5.41) is 5.36. The molecule has 0 unspecified atom stereocenters. The third-order valence-electron chi connectivity index (χ3n) is 5.02. The van der Waals surface area contributed by atoms with Crippen LogP contribution in [0.2, 0.25) is 0 Å². The summed E-state index contributed by atoms with van der Waals surface area (Å²) in [7, 11) is 0. The zero-order chi connectivity index (χ0) is 19.9. The highest BCUT2D eigenvalue weighted by atomic mass is 16.2. The fourth-order valence-corrected chi connectivity index (χ4v) is 3.66. The highest BCUT2D eigenvalue weighted by molar-refractivity contribution is 6.39. The van der Waals surface area contributed by atoms with E-state index in [0.29, 0.717) is 12.2 Å². The molecule has 0 atom stereocenters. The van der Waals surface area contributed by atoms with Crippen molar-refractivity contribution in [3.63, 3.8) is 0 Å². The summed E-state index contributed by atoms with van der Waals surface area (Å²) in [6.45, 7) is 6.69. The van der Waals surface area contributed by atoms with Crippen LogP contribution in [-0.4, -0.2) is 31.4 Å². The highest BCUT2D eigenvalue weighted by Crippen LogP contribution is 2.20. The fraction of sp³-hybridized carbons (Fsp3) is 0.391. The molecule has 1 aliphatic heterocycles. The summed E-state index contributed by atoms with van der Waals surface area (Å²) >= 11 is 0. The van der Waals surface area contributed by atoms with Crippen molar-refractivity contribution in [3.05, 3.63) is 59.2 Å². The lowest BCUT2D eigenvalue weighted by molar-refractivity contribution is -0.136. The molecule has 148 valence electrons. The molecule has 0 bridgehead atoms. The van der Waals surface area contributed by atoms with Crippen LogP contribution in [0.1, 0.15) is 36.0 Å². The Bertz CT molecular complexity index is 804. The topological polar surface area (TPSA) is 61.4 Å². The van der Waals surface area contributed by atoms with Crippen LogP contribution < -0.4 is 15.5 Å². The SMILES string of the molecule is Cc1cc(C)cc(NC(=O)C(=O)NCCCc2ccc(N3CCCC3)cc2)c1. The first-order chi connectivity index (χ1) is 13.5. The van der Waals surface area contributed by atoms with Crippen LogP contribution >= 0.6 is 0 Å². The summed E-state index contributed by atoms with van der Waals surface area (Å²) in [5.41, 5.74) is 5.28. The summed E-state index contributed by atoms with van der Waals surface area (Å²) in [6.07, 6.45) is 4.22. The fourth-order valence-electron chi connectivity index (χ4n) is 3.66. The summed E-state index contributed by atoms with van der Waals surface area (Å²) in [5.74, 6) is -1.22. The number of carbonyl (C=O) groups excluding carboxylic acids is 2. The second kappa shape index (κ2) is 9.40. The Balaban J connectivity index is 1.39. The van der Waals surface area contributed by atoms with Gasteiger partial charge in [-0.05, 0) is 80.5 Å². The number of carbonyl (C=O) groups is 2. The number of nitrogens with zero attached hydrogens (tertiary/aromatic N) is 1. The van der Waals surface area contributed by atoms with Gasteiger partial charge in [0.15, 0.2) is 0 Å². The standard InChI is InChI=1S/C23H29N3O2/c1-17-14-18(2)16-20(15-17)25-23(28)22(27)24-11-5-6-19-7-9-21(10-8-19)26-12-3-4-13-26/h7-10,14-16H,3-6,11-13H2,1-2H3,(H,24,27)(H,25,28). The molecule has 1 saturated heterocycles. The van der Waals surface area contributed by atoms with E-state index in [2.05, 4.69) is 39.8 Å². The number of hydrogen-bond donors (Lipinski definition) is 2. The third kappa shape index (κ3) is 5.59. The Morgan fingerprint density at radius 1 is 0.929 bits per heavy atom. The van der Waals surface area contributed by atoms with Crippen molar-refractivity contribution >= 4 is 23.2 Å². The third-order valence-corrected chi connectivity index (χ3v) is 5.02. The number of benzene rings is 2. The lowest BCUT2D eigenvalue weighted by Crippen LogP contribution is -2.36. The van der Waals surface area contributed by atoms with E-state index in [1.807, 2.05) is 32.0 Å². The first kappa shape index (κ1) is 19.9. The highest BCUT2D eigenvalue weighted by Gasteiger charge is 2.14. The largest absolute Gasteiger partial charge is 0.372 e.